The second kappa shape index (κ2) is 5.59. The van der Waals surface area contributed by atoms with Crippen LogP contribution < -0.4 is 5.32 Å². The monoisotopic (exact) mass is 337 g/mol. The van der Waals surface area contributed by atoms with Gasteiger partial charge < -0.3 is 15.5 Å². The van der Waals surface area contributed by atoms with Crippen molar-refractivity contribution < 1.29 is 15.0 Å². The number of hydrogen-bond donors (Lipinski definition) is 3. The molecule has 1 aliphatic rings. The van der Waals surface area contributed by atoms with E-state index in [1.54, 1.807) is 42.2 Å². The van der Waals surface area contributed by atoms with Gasteiger partial charge in [0.2, 0.25) is 5.95 Å². The number of aryl methyl sites for hydroxylation is 2. The first-order valence-electron chi connectivity index (χ1n) is 7.74. The fraction of sp³-hybridized carbons (Fsp3) is 0.176. The molecule has 0 bridgehead atoms. The number of fused-ring (bicyclic) bond motifs is 3. The number of benzene rings is 1. The minimum Gasteiger partial charge on any atom is -0.508 e. The van der Waals surface area contributed by atoms with Crippen LogP contribution in [0.5, 0.6) is 5.75 Å². The zero-order valence-electron chi connectivity index (χ0n) is 13.4. The van der Waals surface area contributed by atoms with Gasteiger partial charge in [-0.05, 0) is 42.7 Å². The smallest absolute Gasteiger partial charge is 0.356 e. The van der Waals surface area contributed by atoms with Gasteiger partial charge in [0.25, 0.3) is 0 Å². The van der Waals surface area contributed by atoms with Crippen LogP contribution in [0, 0.1) is 0 Å². The number of rotatable bonds is 3. The van der Waals surface area contributed by atoms with Crippen LogP contribution in [-0.4, -0.2) is 35.9 Å². The van der Waals surface area contributed by atoms with Crippen molar-refractivity contribution in [2.45, 2.75) is 12.8 Å². The molecule has 1 aliphatic carbocycles. The van der Waals surface area contributed by atoms with E-state index in [0.29, 0.717) is 30.0 Å². The highest BCUT2D eigenvalue weighted by Crippen LogP contribution is 2.34. The van der Waals surface area contributed by atoms with E-state index >= 15 is 0 Å². The molecule has 0 spiro atoms. The van der Waals surface area contributed by atoms with Gasteiger partial charge in [0.15, 0.2) is 5.69 Å². The molecule has 0 saturated heterocycles. The average molecular weight is 337 g/mol. The van der Waals surface area contributed by atoms with E-state index in [1.807, 2.05) is 0 Å². The zero-order valence-corrected chi connectivity index (χ0v) is 13.4. The predicted molar refractivity (Wildman–Crippen MR) is 90.0 cm³/mol. The summed E-state index contributed by atoms with van der Waals surface area (Å²) in [6, 6.07) is 6.57. The number of nitrogens with zero attached hydrogens (tertiary/aromatic N) is 4. The Morgan fingerprint density at radius 3 is 2.72 bits per heavy atom. The van der Waals surface area contributed by atoms with Crippen molar-refractivity contribution in [3.05, 3.63) is 47.3 Å². The van der Waals surface area contributed by atoms with Crippen molar-refractivity contribution in [3.63, 3.8) is 0 Å². The van der Waals surface area contributed by atoms with Gasteiger partial charge in [0.05, 0.1) is 11.4 Å². The lowest BCUT2D eigenvalue weighted by atomic mass is 9.93. The number of carboxylic acids is 1. The number of phenols is 1. The summed E-state index contributed by atoms with van der Waals surface area (Å²) in [6.45, 7) is 0. The molecule has 3 aromatic rings. The number of carbonyl (C=O) groups is 1. The molecule has 1 aromatic carbocycles. The highest BCUT2D eigenvalue weighted by molar-refractivity contribution is 5.90. The molecule has 0 radical (unpaired) electrons. The third kappa shape index (κ3) is 2.57. The van der Waals surface area contributed by atoms with E-state index < -0.39 is 5.97 Å². The minimum absolute atomic E-state index is 0.0785. The third-order valence-electron chi connectivity index (χ3n) is 4.20. The Balaban J connectivity index is 1.76. The molecule has 0 fully saturated rings. The average Bonchev–Trinajstić information content (AvgIpc) is 2.94. The van der Waals surface area contributed by atoms with Gasteiger partial charge >= 0.3 is 5.97 Å². The number of nitrogens with one attached hydrogen (secondary N) is 1. The molecule has 126 valence electrons. The summed E-state index contributed by atoms with van der Waals surface area (Å²) in [4.78, 5) is 20.3. The third-order valence-corrected chi connectivity index (χ3v) is 4.20. The first kappa shape index (κ1) is 15.1. The van der Waals surface area contributed by atoms with Gasteiger partial charge in [-0.2, -0.15) is 5.10 Å². The highest BCUT2D eigenvalue weighted by Gasteiger charge is 2.28. The van der Waals surface area contributed by atoms with Crippen molar-refractivity contribution in [2.75, 3.05) is 5.32 Å². The molecule has 0 amide bonds. The quantitative estimate of drug-likeness (QED) is 0.627. The van der Waals surface area contributed by atoms with E-state index in [0.717, 1.165) is 16.9 Å². The molecule has 2 heterocycles. The molecular weight excluding hydrogens is 322 g/mol. The second-order valence-corrected chi connectivity index (χ2v) is 5.84. The summed E-state index contributed by atoms with van der Waals surface area (Å²) >= 11 is 0. The van der Waals surface area contributed by atoms with Crippen LogP contribution in [0.1, 0.15) is 21.6 Å². The molecule has 0 atom stereocenters. The zero-order chi connectivity index (χ0) is 17.6. The first-order valence-corrected chi connectivity index (χ1v) is 7.74. The van der Waals surface area contributed by atoms with Gasteiger partial charge in [-0.25, -0.2) is 14.8 Å². The summed E-state index contributed by atoms with van der Waals surface area (Å²) in [5, 5.41) is 25.9. The summed E-state index contributed by atoms with van der Waals surface area (Å²) in [7, 11) is 1.72. The van der Waals surface area contributed by atoms with E-state index in [9.17, 15) is 15.0 Å². The molecule has 3 N–H and O–H groups in total. The predicted octanol–water partition coefficient (Wildman–Crippen LogP) is 2.12. The Bertz CT molecular complexity index is 979. The Kier molecular flexibility index (Phi) is 3.38. The number of hydrogen-bond acceptors (Lipinski definition) is 6. The summed E-state index contributed by atoms with van der Waals surface area (Å²) in [5.41, 5.74) is 3.90. The molecule has 8 heteroatoms. The van der Waals surface area contributed by atoms with E-state index in [-0.39, 0.29) is 11.4 Å². The largest absolute Gasteiger partial charge is 0.508 e. The first-order chi connectivity index (χ1) is 12.0. The number of carboxylic acid groups (broad SMARTS) is 1. The number of phenolic OH excluding ortho intramolecular Hbond substituents is 1. The maximum atomic E-state index is 11.4. The lowest BCUT2D eigenvalue weighted by molar-refractivity contribution is 0.0688. The van der Waals surface area contributed by atoms with Crippen molar-refractivity contribution >= 4 is 17.6 Å². The van der Waals surface area contributed by atoms with Gasteiger partial charge in [-0.1, -0.05) is 0 Å². The van der Waals surface area contributed by atoms with E-state index in [2.05, 4.69) is 20.4 Å². The van der Waals surface area contributed by atoms with Gasteiger partial charge in [0.1, 0.15) is 5.75 Å². The number of aromatic hydroxyl groups is 1. The fourth-order valence-electron chi connectivity index (χ4n) is 3.06. The lowest BCUT2D eigenvalue weighted by Crippen LogP contribution is -2.11. The number of anilines is 2. The number of aromatic nitrogens is 4. The van der Waals surface area contributed by atoms with Crippen LogP contribution in [0.25, 0.3) is 11.4 Å². The van der Waals surface area contributed by atoms with Gasteiger partial charge in [0, 0.05) is 24.5 Å². The molecule has 0 unspecified atom stereocenters. The molecule has 0 saturated carbocycles. The maximum Gasteiger partial charge on any atom is 0.356 e. The van der Waals surface area contributed by atoms with Crippen molar-refractivity contribution in [1.29, 1.82) is 0 Å². The summed E-state index contributed by atoms with van der Waals surface area (Å²) in [5.74, 6) is -0.454. The minimum atomic E-state index is -1.03. The Labute approximate surface area is 142 Å². The second-order valence-electron chi connectivity index (χ2n) is 5.84. The molecule has 25 heavy (non-hydrogen) atoms. The Hall–Kier alpha value is -3.42. The molecule has 4 rings (SSSR count). The van der Waals surface area contributed by atoms with E-state index in [1.165, 1.54) is 0 Å². The number of aromatic carboxylic acids is 1. The van der Waals surface area contributed by atoms with Crippen LogP contribution in [0.4, 0.5) is 11.6 Å². The molecule has 0 aliphatic heterocycles. The van der Waals surface area contributed by atoms with Crippen molar-refractivity contribution in [2.24, 2.45) is 7.05 Å². The van der Waals surface area contributed by atoms with Crippen LogP contribution in [-0.2, 0) is 19.9 Å². The van der Waals surface area contributed by atoms with Crippen LogP contribution >= 0.6 is 0 Å². The normalized spacial score (nSPS) is 12.4. The standard InChI is InChI=1S/C17H15N5O3/c1-22-15-12(14(21-22)16(24)25)7-2-9-8-18-17(20-13(9)15)19-10-3-5-11(23)6-4-10/h3-6,8,23H,2,7H2,1H3,(H,24,25)(H,18,19,20). The van der Waals surface area contributed by atoms with Crippen LogP contribution in [0.3, 0.4) is 0 Å². The summed E-state index contributed by atoms with van der Waals surface area (Å²) < 4.78 is 1.56. The van der Waals surface area contributed by atoms with Crippen molar-refractivity contribution in [3.8, 4) is 17.1 Å². The lowest BCUT2D eigenvalue weighted by Gasteiger charge is -2.17. The topological polar surface area (TPSA) is 113 Å². The Morgan fingerprint density at radius 1 is 1.24 bits per heavy atom. The highest BCUT2D eigenvalue weighted by atomic mass is 16.4. The maximum absolute atomic E-state index is 11.4. The van der Waals surface area contributed by atoms with Crippen LogP contribution in [0.2, 0.25) is 0 Å². The van der Waals surface area contributed by atoms with Gasteiger partial charge in [-0.3, -0.25) is 4.68 Å². The molecule has 2 aromatic heterocycles. The fourth-order valence-corrected chi connectivity index (χ4v) is 3.06. The van der Waals surface area contributed by atoms with Gasteiger partial charge in [-0.15, -0.1) is 0 Å². The molecule has 8 nitrogen and oxygen atoms in total. The molecular formula is C17H15N5O3. The SMILES string of the molecule is Cn1nc(C(=O)O)c2c1-c1nc(Nc3ccc(O)cc3)ncc1CC2. The van der Waals surface area contributed by atoms with Crippen LogP contribution in [0.15, 0.2) is 30.5 Å². The Morgan fingerprint density at radius 2 is 2.00 bits per heavy atom. The van der Waals surface area contributed by atoms with E-state index in [4.69, 9.17) is 0 Å². The van der Waals surface area contributed by atoms with Crippen molar-refractivity contribution in [1.82, 2.24) is 19.7 Å². The summed E-state index contributed by atoms with van der Waals surface area (Å²) in [6.07, 6.45) is 3.03.